The molecule has 1 heterocycles. The molecule has 0 saturated carbocycles. The number of benzene rings is 2. The van der Waals surface area contributed by atoms with Crippen molar-refractivity contribution in [1.82, 2.24) is 0 Å². The number of hydrogen-bond donors (Lipinski definition) is 0. The maximum absolute atomic E-state index is 12.6. The van der Waals surface area contributed by atoms with Gasteiger partial charge < -0.3 is 18.9 Å². The highest BCUT2D eigenvalue weighted by molar-refractivity contribution is 5.84. The Balaban J connectivity index is 1.79. The molecule has 0 saturated heterocycles. The zero-order valence-corrected chi connectivity index (χ0v) is 14.0. The van der Waals surface area contributed by atoms with Crippen LogP contribution < -0.4 is 18.9 Å². The van der Waals surface area contributed by atoms with Gasteiger partial charge in [-0.25, -0.2) is 0 Å². The minimum atomic E-state index is -0.824. The van der Waals surface area contributed by atoms with E-state index in [4.69, 9.17) is 18.9 Å². The van der Waals surface area contributed by atoms with E-state index in [2.05, 4.69) is 0 Å². The Hall–Kier alpha value is -2.69. The highest BCUT2D eigenvalue weighted by Gasteiger charge is 2.33. The van der Waals surface area contributed by atoms with Crippen molar-refractivity contribution in [2.24, 2.45) is 0 Å². The molecular weight excluding hydrogens is 308 g/mol. The molecule has 0 spiro atoms. The van der Waals surface area contributed by atoms with Gasteiger partial charge in [0.1, 0.15) is 24.7 Å². The smallest absolute Gasteiger partial charge is 0.321 e. The molecule has 5 heteroatoms. The SMILES string of the molecule is COc1ccc(OC(=O)C(C)(C)c2ccc3c(c2)OCCO3)cc1. The standard InChI is InChI=1S/C19H20O5/c1-19(2,13-4-9-16-17(12-13)23-11-10-22-16)18(20)24-15-7-5-14(21-3)6-8-15/h4-9,12H,10-11H2,1-3H3. The average molecular weight is 328 g/mol. The van der Waals surface area contributed by atoms with Crippen LogP contribution in [0, 0.1) is 0 Å². The Kier molecular flexibility index (Phi) is 4.34. The third-order valence-corrected chi connectivity index (χ3v) is 4.04. The van der Waals surface area contributed by atoms with Gasteiger partial charge in [0.25, 0.3) is 0 Å². The Morgan fingerprint density at radius 2 is 1.58 bits per heavy atom. The molecule has 0 bridgehead atoms. The third kappa shape index (κ3) is 3.15. The van der Waals surface area contributed by atoms with Crippen LogP contribution in [-0.2, 0) is 10.2 Å². The molecule has 0 fully saturated rings. The fraction of sp³-hybridized carbons (Fsp3) is 0.316. The summed E-state index contributed by atoms with van der Waals surface area (Å²) in [6, 6.07) is 12.4. The zero-order valence-electron chi connectivity index (χ0n) is 14.0. The number of hydrogen-bond acceptors (Lipinski definition) is 5. The molecule has 0 amide bonds. The highest BCUT2D eigenvalue weighted by Crippen LogP contribution is 2.36. The first kappa shape index (κ1) is 16.2. The zero-order chi connectivity index (χ0) is 17.2. The molecule has 5 nitrogen and oxygen atoms in total. The van der Waals surface area contributed by atoms with Crippen molar-refractivity contribution in [1.29, 1.82) is 0 Å². The first-order chi connectivity index (χ1) is 11.5. The van der Waals surface area contributed by atoms with E-state index in [9.17, 15) is 4.79 Å². The molecule has 2 aromatic carbocycles. The number of fused-ring (bicyclic) bond motifs is 1. The van der Waals surface area contributed by atoms with Crippen molar-refractivity contribution < 1.29 is 23.7 Å². The van der Waals surface area contributed by atoms with E-state index in [1.54, 1.807) is 31.4 Å². The average Bonchev–Trinajstić information content (AvgIpc) is 2.61. The first-order valence-electron chi connectivity index (χ1n) is 7.77. The van der Waals surface area contributed by atoms with E-state index in [0.717, 1.165) is 5.56 Å². The lowest BCUT2D eigenvalue weighted by atomic mass is 9.84. The Morgan fingerprint density at radius 3 is 2.25 bits per heavy atom. The second-order valence-electron chi connectivity index (χ2n) is 6.05. The molecule has 1 aliphatic heterocycles. The fourth-order valence-electron chi connectivity index (χ4n) is 2.43. The van der Waals surface area contributed by atoms with Gasteiger partial charge in [-0.15, -0.1) is 0 Å². The minimum Gasteiger partial charge on any atom is -0.497 e. The largest absolute Gasteiger partial charge is 0.497 e. The van der Waals surface area contributed by atoms with Crippen molar-refractivity contribution in [3.63, 3.8) is 0 Å². The Labute approximate surface area is 141 Å². The molecule has 2 aromatic rings. The summed E-state index contributed by atoms with van der Waals surface area (Å²) >= 11 is 0. The van der Waals surface area contributed by atoms with Gasteiger partial charge >= 0.3 is 5.97 Å². The van der Waals surface area contributed by atoms with Gasteiger partial charge in [-0.05, 0) is 55.8 Å². The lowest BCUT2D eigenvalue weighted by Gasteiger charge is -2.25. The van der Waals surface area contributed by atoms with Crippen molar-refractivity contribution in [2.45, 2.75) is 19.3 Å². The van der Waals surface area contributed by atoms with Crippen LogP contribution in [0.5, 0.6) is 23.0 Å². The Bertz CT molecular complexity index is 734. The number of carbonyl (C=O) groups is 1. The topological polar surface area (TPSA) is 54.0 Å². The van der Waals surface area contributed by atoms with Crippen LogP contribution in [0.4, 0.5) is 0 Å². The van der Waals surface area contributed by atoms with Gasteiger partial charge in [-0.3, -0.25) is 4.79 Å². The maximum atomic E-state index is 12.6. The molecular formula is C19H20O5. The summed E-state index contributed by atoms with van der Waals surface area (Å²) < 4.78 is 21.7. The summed E-state index contributed by atoms with van der Waals surface area (Å²) in [7, 11) is 1.59. The van der Waals surface area contributed by atoms with Crippen LogP contribution in [0.3, 0.4) is 0 Å². The first-order valence-corrected chi connectivity index (χ1v) is 7.77. The van der Waals surface area contributed by atoms with Crippen molar-refractivity contribution in [3.8, 4) is 23.0 Å². The molecule has 1 aliphatic rings. The lowest BCUT2D eigenvalue weighted by Crippen LogP contribution is -2.33. The van der Waals surface area contributed by atoms with Crippen LogP contribution in [0.25, 0.3) is 0 Å². The van der Waals surface area contributed by atoms with E-state index in [1.807, 2.05) is 32.0 Å². The van der Waals surface area contributed by atoms with E-state index in [1.165, 1.54) is 0 Å². The molecule has 3 rings (SSSR count). The number of carbonyl (C=O) groups excluding carboxylic acids is 1. The summed E-state index contributed by atoms with van der Waals surface area (Å²) in [6.45, 7) is 4.69. The highest BCUT2D eigenvalue weighted by atomic mass is 16.6. The van der Waals surface area contributed by atoms with Gasteiger partial charge in [0.2, 0.25) is 0 Å². The molecule has 126 valence electrons. The van der Waals surface area contributed by atoms with Gasteiger partial charge in [0.15, 0.2) is 11.5 Å². The number of rotatable bonds is 4. The monoisotopic (exact) mass is 328 g/mol. The predicted molar refractivity (Wildman–Crippen MR) is 89.1 cm³/mol. The number of methoxy groups -OCH3 is 1. The van der Waals surface area contributed by atoms with Gasteiger partial charge in [0, 0.05) is 0 Å². The van der Waals surface area contributed by atoms with Gasteiger partial charge in [-0.2, -0.15) is 0 Å². The summed E-state index contributed by atoms with van der Waals surface area (Å²) in [4.78, 5) is 12.6. The minimum absolute atomic E-state index is 0.343. The van der Waals surface area contributed by atoms with Gasteiger partial charge in [-0.1, -0.05) is 6.07 Å². The molecule has 0 aromatic heterocycles. The van der Waals surface area contributed by atoms with E-state index < -0.39 is 5.41 Å². The van der Waals surface area contributed by atoms with E-state index in [0.29, 0.717) is 36.2 Å². The summed E-state index contributed by atoms with van der Waals surface area (Å²) in [5, 5.41) is 0. The van der Waals surface area contributed by atoms with Crippen molar-refractivity contribution >= 4 is 5.97 Å². The van der Waals surface area contributed by atoms with Crippen LogP contribution in [0.2, 0.25) is 0 Å². The summed E-state index contributed by atoms with van der Waals surface area (Å²) in [6.07, 6.45) is 0. The summed E-state index contributed by atoms with van der Waals surface area (Å²) in [5.74, 6) is 2.20. The van der Waals surface area contributed by atoms with Crippen LogP contribution in [0.15, 0.2) is 42.5 Å². The molecule has 0 atom stereocenters. The summed E-state index contributed by atoms with van der Waals surface area (Å²) in [5.41, 5.74) is -0.0132. The fourth-order valence-corrected chi connectivity index (χ4v) is 2.43. The van der Waals surface area contributed by atoms with Crippen molar-refractivity contribution in [3.05, 3.63) is 48.0 Å². The normalized spacial score (nSPS) is 13.3. The lowest BCUT2D eigenvalue weighted by molar-refractivity contribution is -0.139. The van der Waals surface area contributed by atoms with Crippen LogP contribution in [-0.4, -0.2) is 26.3 Å². The number of esters is 1. The number of ether oxygens (including phenoxy) is 4. The van der Waals surface area contributed by atoms with Crippen LogP contribution >= 0.6 is 0 Å². The molecule has 0 aliphatic carbocycles. The third-order valence-electron chi connectivity index (χ3n) is 4.04. The Morgan fingerprint density at radius 1 is 0.958 bits per heavy atom. The molecule has 0 N–H and O–H groups in total. The maximum Gasteiger partial charge on any atom is 0.321 e. The van der Waals surface area contributed by atoms with Crippen molar-refractivity contribution in [2.75, 3.05) is 20.3 Å². The molecule has 24 heavy (non-hydrogen) atoms. The molecule has 0 unspecified atom stereocenters. The quantitative estimate of drug-likeness (QED) is 0.636. The second-order valence-corrected chi connectivity index (χ2v) is 6.05. The van der Waals surface area contributed by atoms with E-state index in [-0.39, 0.29) is 5.97 Å². The predicted octanol–water partition coefficient (Wildman–Crippen LogP) is 3.35. The second kappa shape index (κ2) is 6.43. The molecule has 0 radical (unpaired) electrons. The van der Waals surface area contributed by atoms with Crippen LogP contribution in [0.1, 0.15) is 19.4 Å². The van der Waals surface area contributed by atoms with Gasteiger partial charge in [0.05, 0.1) is 12.5 Å². The van der Waals surface area contributed by atoms with E-state index >= 15 is 0 Å².